The summed E-state index contributed by atoms with van der Waals surface area (Å²) < 4.78 is 12.2. The van der Waals surface area contributed by atoms with Gasteiger partial charge in [-0.05, 0) is 31.9 Å². The van der Waals surface area contributed by atoms with Crippen molar-refractivity contribution in [1.82, 2.24) is 25.2 Å². The summed E-state index contributed by atoms with van der Waals surface area (Å²) in [5.74, 6) is -0.207. The highest BCUT2D eigenvalue weighted by Crippen LogP contribution is 2.25. The predicted molar refractivity (Wildman–Crippen MR) is 97.9 cm³/mol. The number of benzene rings is 1. The number of ether oxygens (including phenoxy) is 1. The van der Waals surface area contributed by atoms with Gasteiger partial charge in [0.15, 0.2) is 0 Å². The SMILES string of the molecule is Cc1nn(-c2ccccc2Cl)cc1-c1noc(C(=O)NC[C@@H]2CCCO2)n1. The fourth-order valence-electron chi connectivity index (χ4n) is 2.95. The summed E-state index contributed by atoms with van der Waals surface area (Å²) in [4.78, 5) is 16.4. The average Bonchev–Trinajstić information content (AvgIpc) is 3.41. The third kappa shape index (κ3) is 3.72. The third-order valence-corrected chi connectivity index (χ3v) is 4.69. The van der Waals surface area contributed by atoms with Crippen molar-refractivity contribution in [3.8, 4) is 17.1 Å². The lowest BCUT2D eigenvalue weighted by atomic mass is 10.2. The maximum absolute atomic E-state index is 12.2. The van der Waals surface area contributed by atoms with Gasteiger partial charge in [-0.1, -0.05) is 28.9 Å². The van der Waals surface area contributed by atoms with E-state index in [2.05, 4.69) is 20.6 Å². The van der Waals surface area contributed by atoms with E-state index in [9.17, 15) is 4.79 Å². The van der Waals surface area contributed by atoms with Crippen LogP contribution in [0.15, 0.2) is 35.0 Å². The van der Waals surface area contributed by atoms with Crippen molar-refractivity contribution in [1.29, 1.82) is 0 Å². The number of halogens is 1. The first-order valence-electron chi connectivity index (χ1n) is 8.67. The van der Waals surface area contributed by atoms with Crippen LogP contribution < -0.4 is 5.32 Å². The summed E-state index contributed by atoms with van der Waals surface area (Å²) in [6.45, 7) is 3.00. The van der Waals surface area contributed by atoms with Crippen LogP contribution in [0.3, 0.4) is 0 Å². The summed E-state index contributed by atoms with van der Waals surface area (Å²) >= 11 is 6.23. The van der Waals surface area contributed by atoms with Crippen LogP contribution in [0, 0.1) is 6.92 Å². The minimum Gasteiger partial charge on any atom is -0.376 e. The Hall–Kier alpha value is -2.71. The summed E-state index contributed by atoms with van der Waals surface area (Å²) in [7, 11) is 0. The maximum atomic E-state index is 12.2. The number of carbonyl (C=O) groups excluding carboxylic acids is 1. The lowest BCUT2D eigenvalue weighted by molar-refractivity contribution is 0.0822. The number of rotatable bonds is 5. The summed E-state index contributed by atoms with van der Waals surface area (Å²) in [6, 6.07) is 7.38. The Morgan fingerprint density at radius 3 is 3.04 bits per heavy atom. The van der Waals surface area contributed by atoms with Gasteiger partial charge in [0.25, 0.3) is 0 Å². The van der Waals surface area contributed by atoms with Gasteiger partial charge in [0, 0.05) is 19.3 Å². The number of aryl methyl sites for hydroxylation is 1. The van der Waals surface area contributed by atoms with E-state index in [1.54, 1.807) is 16.9 Å². The molecule has 0 aliphatic carbocycles. The highest BCUT2D eigenvalue weighted by Gasteiger charge is 2.21. The van der Waals surface area contributed by atoms with Crippen LogP contribution in [0.4, 0.5) is 0 Å². The molecule has 1 N–H and O–H groups in total. The second-order valence-corrected chi connectivity index (χ2v) is 6.70. The van der Waals surface area contributed by atoms with Crippen LogP contribution in [0.25, 0.3) is 17.1 Å². The lowest BCUT2D eigenvalue weighted by Gasteiger charge is -2.08. The molecule has 1 aromatic carbocycles. The van der Waals surface area contributed by atoms with Crippen molar-refractivity contribution in [2.75, 3.05) is 13.2 Å². The minimum absolute atomic E-state index is 0.0486. The van der Waals surface area contributed by atoms with Crippen LogP contribution in [0.1, 0.15) is 29.2 Å². The molecular weight excluding hydrogens is 370 g/mol. The van der Waals surface area contributed by atoms with Gasteiger partial charge in [-0.15, -0.1) is 0 Å². The molecule has 0 bridgehead atoms. The number of hydrogen-bond donors (Lipinski definition) is 1. The van der Waals surface area contributed by atoms with Crippen molar-refractivity contribution in [2.24, 2.45) is 0 Å². The Morgan fingerprint density at radius 2 is 2.26 bits per heavy atom. The van der Waals surface area contributed by atoms with Crippen molar-refractivity contribution >= 4 is 17.5 Å². The molecule has 1 amide bonds. The average molecular weight is 388 g/mol. The zero-order chi connectivity index (χ0) is 18.8. The molecule has 0 spiro atoms. The van der Waals surface area contributed by atoms with Gasteiger partial charge < -0.3 is 14.6 Å². The fraction of sp³-hybridized carbons (Fsp3) is 0.333. The molecule has 1 aliphatic heterocycles. The summed E-state index contributed by atoms with van der Waals surface area (Å²) in [5, 5.41) is 11.7. The highest BCUT2D eigenvalue weighted by molar-refractivity contribution is 6.32. The highest BCUT2D eigenvalue weighted by atomic mass is 35.5. The number of nitrogens with zero attached hydrogens (tertiary/aromatic N) is 4. The van der Waals surface area contributed by atoms with E-state index in [1.165, 1.54) is 0 Å². The van der Waals surface area contributed by atoms with Gasteiger partial charge in [-0.3, -0.25) is 4.79 Å². The van der Waals surface area contributed by atoms with Gasteiger partial charge in [0.2, 0.25) is 5.82 Å². The number of para-hydroxylation sites is 1. The molecule has 0 unspecified atom stereocenters. The largest absolute Gasteiger partial charge is 0.376 e. The molecule has 3 heterocycles. The van der Waals surface area contributed by atoms with Crippen molar-refractivity contribution in [3.63, 3.8) is 0 Å². The zero-order valence-corrected chi connectivity index (χ0v) is 15.4. The van der Waals surface area contributed by atoms with Crippen molar-refractivity contribution < 1.29 is 14.1 Å². The van der Waals surface area contributed by atoms with E-state index in [-0.39, 0.29) is 12.0 Å². The van der Waals surface area contributed by atoms with Crippen LogP contribution in [0.5, 0.6) is 0 Å². The zero-order valence-electron chi connectivity index (χ0n) is 14.7. The topological polar surface area (TPSA) is 95.1 Å². The Bertz CT molecular complexity index is 962. The second-order valence-electron chi connectivity index (χ2n) is 6.29. The minimum atomic E-state index is -0.416. The number of carbonyl (C=O) groups is 1. The maximum Gasteiger partial charge on any atom is 0.316 e. The van der Waals surface area contributed by atoms with Gasteiger partial charge in [-0.25, -0.2) is 4.68 Å². The molecule has 1 fully saturated rings. The number of aromatic nitrogens is 4. The van der Waals surface area contributed by atoms with E-state index in [0.717, 1.165) is 25.1 Å². The van der Waals surface area contributed by atoms with Gasteiger partial charge >= 0.3 is 11.8 Å². The number of amides is 1. The summed E-state index contributed by atoms with van der Waals surface area (Å²) in [6.07, 6.45) is 3.76. The van der Waals surface area contributed by atoms with Gasteiger partial charge in [0.05, 0.1) is 28.1 Å². The predicted octanol–water partition coefficient (Wildman–Crippen LogP) is 2.79. The third-order valence-electron chi connectivity index (χ3n) is 4.37. The molecule has 0 saturated carbocycles. The molecule has 1 aliphatic rings. The van der Waals surface area contributed by atoms with E-state index in [1.807, 2.05) is 25.1 Å². The van der Waals surface area contributed by atoms with Crippen LogP contribution in [-0.4, -0.2) is 45.1 Å². The van der Waals surface area contributed by atoms with E-state index in [0.29, 0.717) is 28.6 Å². The molecule has 1 atom stereocenters. The smallest absolute Gasteiger partial charge is 0.316 e. The number of hydrogen-bond acceptors (Lipinski definition) is 6. The van der Waals surface area contributed by atoms with E-state index < -0.39 is 5.91 Å². The molecule has 8 nitrogen and oxygen atoms in total. The second kappa shape index (κ2) is 7.50. The molecule has 3 aromatic rings. The molecule has 9 heteroatoms. The molecule has 4 rings (SSSR count). The van der Waals surface area contributed by atoms with Crippen LogP contribution >= 0.6 is 11.6 Å². The van der Waals surface area contributed by atoms with Crippen LogP contribution in [-0.2, 0) is 4.74 Å². The molecular formula is C18H18ClN5O3. The standard InChI is InChI=1S/C18H18ClN5O3/c1-11-13(10-24(22-11)15-7-3-2-6-14(15)19)16-21-18(27-23-16)17(25)20-9-12-5-4-8-26-12/h2-3,6-7,10,12H,4-5,8-9H2,1H3,(H,20,25)/t12-/m0/s1. The monoisotopic (exact) mass is 387 g/mol. The normalized spacial score (nSPS) is 16.6. The molecule has 0 radical (unpaired) electrons. The summed E-state index contributed by atoms with van der Waals surface area (Å²) in [5.41, 5.74) is 2.10. The molecule has 1 saturated heterocycles. The Kier molecular flexibility index (Phi) is 4.91. The lowest BCUT2D eigenvalue weighted by Crippen LogP contribution is -2.31. The Balaban J connectivity index is 1.51. The van der Waals surface area contributed by atoms with E-state index >= 15 is 0 Å². The molecule has 140 valence electrons. The quantitative estimate of drug-likeness (QED) is 0.723. The number of nitrogens with one attached hydrogen (secondary N) is 1. The molecule has 2 aromatic heterocycles. The van der Waals surface area contributed by atoms with Crippen molar-refractivity contribution in [2.45, 2.75) is 25.9 Å². The fourth-order valence-corrected chi connectivity index (χ4v) is 3.18. The van der Waals surface area contributed by atoms with Crippen molar-refractivity contribution in [3.05, 3.63) is 47.1 Å². The Labute approximate surface area is 160 Å². The van der Waals surface area contributed by atoms with Gasteiger partial charge in [0.1, 0.15) is 0 Å². The first-order chi connectivity index (χ1) is 13.1. The van der Waals surface area contributed by atoms with Gasteiger partial charge in [-0.2, -0.15) is 10.1 Å². The first kappa shape index (κ1) is 17.7. The van der Waals surface area contributed by atoms with Crippen LogP contribution in [0.2, 0.25) is 5.02 Å². The Morgan fingerprint density at radius 1 is 1.41 bits per heavy atom. The van der Waals surface area contributed by atoms with E-state index in [4.69, 9.17) is 20.9 Å². The molecule has 27 heavy (non-hydrogen) atoms. The first-order valence-corrected chi connectivity index (χ1v) is 9.04.